The van der Waals surface area contributed by atoms with Gasteiger partial charge in [0.25, 0.3) is 0 Å². The van der Waals surface area contributed by atoms with Crippen molar-refractivity contribution in [2.75, 3.05) is 5.33 Å². The molecule has 0 aliphatic rings. The fourth-order valence-corrected chi connectivity index (χ4v) is 1.97. The van der Waals surface area contributed by atoms with Crippen LogP contribution in [0.3, 0.4) is 0 Å². The van der Waals surface area contributed by atoms with Crippen molar-refractivity contribution in [3.63, 3.8) is 0 Å². The second kappa shape index (κ2) is 8.51. The number of carbonyl (C=O) groups excluding carboxylic acids is 1. The summed E-state index contributed by atoms with van der Waals surface area (Å²) in [5.41, 5.74) is 1.37. The molecule has 0 spiro atoms. The second-order valence-corrected chi connectivity index (χ2v) is 4.82. The second-order valence-electron chi connectivity index (χ2n) is 4.02. The van der Waals surface area contributed by atoms with Crippen molar-refractivity contribution < 1.29 is 4.79 Å². The van der Waals surface area contributed by atoms with Gasteiger partial charge in [0.15, 0.2) is 0 Å². The van der Waals surface area contributed by atoms with Crippen LogP contribution < -0.4 is 0 Å². The van der Waals surface area contributed by atoms with Gasteiger partial charge in [-0.25, -0.2) is 0 Å². The van der Waals surface area contributed by atoms with Gasteiger partial charge in [-0.15, -0.1) is 0 Å². The first-order valence-electron chi connectivity index (χ1n) is 5.94. The summed E-state index contributed by atoms with van der Waals surface area (Å²) in [5.74, 6) is 0.410. The number of alkyl halides is 1. The maximum atomic E-state index is 11.4. The van der Waals surface area contributed by atoms with Crippen LogP contribution in [0.2, 0.25) is 0 Å². The van der Waals surface area contributed by atoms with Crippen LogP contribution in [0, 0.1) is 0 Å². The van der Waals surface area contributed by atoms with Crippen molar-refractivity contribution in [2.24, 2.45) is 0 Å². The molecule has 2 heteroatoms. The summed E-state index contributed by atoms with van der Waals surface area (Å²) in [4.78, 5) is 11.4. The number of unbranched alkanes of at least 4 members (excludes halogenated alkanes) is 1. The van der Waals surface area contributed by atoms with Gasteiger partial charge >= 0.3 is 0 Å². The molecule has 16 heavy (non-hydrogen) atoms. The van der Waals surface area contributed by atoms with E-state index < -0.39 is 0 Å². The maximum Gasteiger partial charge on any atom is 0.132 e. The highest BCUT2D eigenvalue weighted by Gasteiger charge is 2.01. The maximum absolute atomic E-state index is 11.4. The van der Waals surface area contributed by atoms with E-state index in [2.05, 4.69) is 40.2 Å². The van der Waals surface area contributed by atoms with Crippen LogP contribution in [0.15, 0.2) is 30.3 Å². The molecule has 0 heterocycles. The molecule has 0 aliphatic heterocycles. The molecule has 0 saturated heterocycles. The largest absolute Gasteiger partial charge is 0.300 e. The quantitative estimate of drug-likeness (QED) is 0.517. The number of carbonyl (C=O) groups is 1. The van der Waals surface area contributed by atoms with Gasteiger partial charge in [-0.05, 0) is 31.2 Å². The zero-order valence-corrected chi connectivity index (χ0v) is 11.2. The molecule has 1 aromatic rings. The van der Waals surface area contributed by atoms with Crippen LogP contribution in [0.4, 0.5) is 0 Å². The van der Waals surface area contributed by atoms with E-state index in [4.69, 9.17) is 0 Å². The first-order valence-corrected chi connectivity index (χ1v) is 7.06. The summed E-state index contributed by atoms with van der Waals surface area (Å²) in [7, 11) is 0. The highest BCUT2D eigenvalue weighted by molar-refractivity contribution is 9.09. The van der Waals surface area contributed by atoms with Crippen LogP contribution in [0.5, 0.6) is 0 Å². The first kappa shape index (κ1) is 13.4. The van der Waals surface area contributed by atoms with Crippen molar-refractivity contribution in [1.29, 1.82) is 0 Å². The number of aryl methyl sites for hydroxylation is 1. The van der Waals surface area contributed by atoms with Gasteiger partial charge in [-0.2, -0.15) is 0 Å². The highest BCUT2D eigenvalue weighted by Crippen LogP contribution is 2.08. The van der Waals surface area contributed by atoms with E-state index >= 15 is 0 Å². The van der Waals surface area contributed by atoms with E-state index in [1.807, 2.05) is 6.07 Å². The Morgan fingerprint density at radius 1 is 1.00 bits per heavy atom. The summed E-state index contributed by atoms with van der Waals surface area (Å²) in [5, 5.41) is 0.933. The van der Waals surface area contributed by atoms with Crippen molar-refractivity contribution in [1.82, 2.24) is 0 Å². The van der Waals surface area contributed by atoms with Crippen molar-refractivity contribution in [2.45, 2.75) is 38.5 Å². The number of benzene rings is 1. The average molecular weight is 283 g/mol. The number of ketones is 1. The Hall–Kier alpha value is -0.630. The minimum atomic E-state index is 0.410. The first-order chi connectivity index (χ1) is 7.83. The topological polar surface area (TPSA) is 17.1 Å². The van der Waals surface area contributed by atoms with Gasteiger partial charge in [0.1, 0.15) is 5.78 Å². The molecule has 0 unspecified atom stereocenters. The van der Waals surface area contributed by atoms with Crippen LogP contribution >= 0.6 is 15.9 Å². The van der Waals surface area contributed by atoms with E-state index in [0.717, 1.165) is 43.9 Å². The zero-order chi connectivity index (χ0) is 11.6. The molecular weight excluding hydrogens is 264 g/mol. The lowest BCUT2D eigenvalue weighted by atomic mass is 10.0. The van der Waals surface area contributed by atoms with Gasteiger partial charge < -0.3 is 0 Å². The van der Waals surface area contributed by atoms with Crippen molar-refractivity contribution in [3.05, 3.63) is 35.9 Å². The fourth-order valence-electron chi connectivity index (χ4n) is 1.68. The van der Waals surface area contributed by atoms with Crippen LogP contribution in [0.25, 0.3) is 0 Å². The molecule has 0 fully saturated rings. The van der Waals surface area contributed by atoms with Gasteiger partial charge in [-0.3, -0.25) is 4.79 Å². The molecule has 0 saturated carbocycles. The lowest BCUT2D eigenvalue weighted by Gasteiger charge is -2.01. The molecule has 1 rings (SSSR count). The lowest BCUT2D eigenvalue weighted by Crippen LogP contribution is -1.98. The van der Waals surface area contributed by atoms with E-state index in [9.17, 15) is 4.79 Å². The monoisotopic (exact) mass is 282 g/mol. The van der Waals surface area contributed by atoms with E-state index in [0.29, 0.717) is 5.78 Å². The van der Waals surface area contributed by atoms with Gasteiger partial charge in [-0.1, -0.05) is 46.3 Å². The molecular formula is C14H19BrO. The number of rotatable bonds is 8. The molecule has 0 aliphatic carbocycles. The molecule has 0 aromatic heterocycles. The third kappa shape index (κ3) is 6.06. The van der Waals surface area contributed by atoms with Gasteiger partial charge in [0, 0.05) is 18.2 Å². The molecule has 1 nitrogen and oxygen atoms in total. The summed E-state index contributed by atoms with van der Waals surface area (Å²) < 4.78 is 0. The van der Waals surface area contributed by atoms with Gasteiger partial charge in [0.2, 0.25) is 0 Å². The summed E-state index contributed by atoms with van der Waals surface area (Å²) in [6.07, 6.45) is 5.68. The summed E-state index contributed by atoms with van der Waals surface area (Å²) in [6.45, 7) is 0. The molecule has 0 atom stereocenters. The Balaban J connectivity index is 2.06. The normalized spacial score (nSPS) is 10.3. The lowest BCUT2D eigenvalue weighted by molar-refractivity contribution is -0.119. The number of Topliss-reactive ketones (excluding diaryl/α,β-unsaturated/α-hetero) is 1. The number of hydrogen-bond donors (Lipinski definition) is 0. The van der Waals surface area contributed by atoms with E-state index in [1.54, 1.807) is 0 Å². The molecule has 0 amide bonds. The predicted octanol–water partition coefficient (Wildman–Crippen LogP) is 4.14. The van der Waals surface area contributed by atoms with Gasteiger partial charge in [0.05, 0.1) is 0 Å². The molecule has 88 valence electrons. The SMILES string of the molecule is O=C(CCCBr)CCCCc1ccccc1. The number of halogens is 1. The molecule has 0 N–H and O–H groups in total. The minimum Gasteiger partial charge on any atom is -0.300 e. The van der Waals surface area contributed by atoms with Crippen LogP contribution in [-0.4, -0.2) is 11.1 Å². The Morgan fingerprint density at radius 3 is 2.38 bits per heavy atom. The third-order valence-electron chi connectivity index (χ3n) is 2.60. The fraction of sp³-hybridized carbons (Fsp3) is 0.500. The predicted molar refractivity (Wildman–Crippen MR) is 72.0 cm³/mol. The van der Waals surface area contributed by atoms with Crippen LogP contribution in [0.1, 0.15) is 37.7 Å². The van der Waals surface area contributed by atoms with Crippen molar-refractivity contribution >= 4 is 21.7 Å². The molecule has 0 radical (unpaired) electrons. The summed E-state index contributed by atoms with van der Waals surface area (Å²) >= 11 is 3.34. The molecule has 0 bridgehead atoms. The average Bonchev–Trinajstić information content (AvgIpc) is 2.33. The highest BCUT2D eigenvalue weighted by atomic mass is 79.9. The standard InChI is InChI=1S/C14H19BrO/c15-12-6-11-14(16)10-5-4-9-13-7-2-1-3-8-13/h1-3,7-8H,4-6,9-12H2. The Bertz CT molecular complexity index is 295. The van der Waals surface area contributed by atoms with Crippen LogP contribution in [-0.2, 0) is 11.2 Å². The third-order valence-corrected chi connectivity index (χ3v) is 3.16. The van der Waals surface area contributed by atoms with E-state index in [1.165, 1.54) is 5.56 Å². The summed E-state index contributed by atoms with van der Waals surface area (Å²) in [6, 6.07) is 10.5. The Labute approximate surface area is 106 Å². The number of hydrogen-bond acceptors (Lipinski definition) is 1. The molecule has 1 aromatic carbocycles. The minimum absolute atomic E-state index is 0.410. The zero-order valence-electron chi connectivity index (χ0n) is 9.62. The Kier molecular flexibility index (Phi) is 7.15. The van der Waals surface area contributed by atoms with Crippen molar-refractivity contribution in [3.8, 4) is 0 Å². The van der Waals surface area contributed by atoms with E-state index in [-0.39, 0.29) is 0 Å². The smallest absolute Gasteiger partial charge is 0.132 e. The Morgan fingerprint density at radius 2 is 1.69 bits per heavy atom.